The van der Waals surface area contributed by atoms with Crippen LogP contribution in [0.2, 0.25) is 0 Å². The van der Waals surface area contributed by atoms with Crippen LogP contribution < -0.4 is 10.9 Å². The van der Waals surface area contributed by atoms with Crippen molar-refractivity contribution in [1.29, 1.82) is 0 Å². The number of aromatic amines is 1. The molecule has 1 heterocycles. The SMILES string of the molecule is CNCC#Cc1ccc2c(=O)[nH]ncc2c1. The van der Waals surface area contributed by atoms with Gasteiger partial charge in [-0.2, -0.15) is 5.10 Å². The molecule has 80 valence electrons. The van der Waals surface area contributed by atoms with E-state index in [1.54, 1.807) is 12.3 Å². The minimum Gasteiger partial charge on any atom is -0.309 e. The standard InChI is InChI=1S/C12H11N3O/c1-13-6-2-3-9-4-5-11-10(7-9)8-14-15-12(11)16/h4-5,7-8,13H,6H2,1H3,(H,15,16). The molecule has 0 unspecified atom stereocenters. The van der Waals surface area contributed by atoms with E-state index in [0.29, 0.717) is 11.9 Å². The van der Waals surface area contributed by atoms with Crippen LogP contribution in [0.25, 0.3) is 10.8 Å². The van der Waals surface area contributed by atoms with E-state index >= 15 is 0 Å². The average Bonchev–Trinajstić information content (AvgIpc) is 2.30. The minimum absolute atomic E-state index is 0.174. The number of nitrogens with zero attached hydrogens (tertiary/aromatic N) is 1. The molecule has 0 fully saturated rings. The summed E-state index contributed by atoms with van der Waals surface area (Å²) in [5.41, 5.74) is 0.711. The summed E-state index contributed by atoms with van der Waals surface area (Å²) < 4.78 is 0. The number of benzene rings is 1. The van der Waals surface area contributed by atoms with Gasteiger partial charge in [0.2, 0.25) is 0 Å². The van der Waals surface area contributed by atoms with Gasteiger partial charge in [0, 0.05) is 10.9 Å². The van der Waals surface area contributed by atoms with E-state index in [9.17, 15) is 4.79 Å². The first-order chi connectivity index (χ1) is 7.81. The average molecular weight is 213 g/mol. The molecule has 0 spiro atoms. The zero-order chi connectivity index (χ0) is 11.4. The molecule has 1 aromatic carbocycles. The highest BCUT2D eigenvalue weighted by Gasteiger charge is 1.98. The van der Waals surface area contributed by atoms with E-state index in [1.807, 2.05) is 19.2 Å². The first-order valence-corrected chi connectivity index (χ1v) is 4.92. The maximum absolute atomic E-state index is 11.4. The number of nitrogens with one attached hydrogen (secondary N) is 2. The van der Waals surface area contributed by atoms with Crippen molar-refractivity contribution in [2.75, 3.05) is 13.6 Å². The van der Waals surface area contributed by atoms with Crippen molar-refractivity contribution in [3.63, 3.8) is 0 Å². The molecule has 0 saturated carbocycles. The largest absolute Gasteiger partial charge is 0.309 e. The zero-order valence-corrected chi connectivity index (χ0v) is 8.87. The number of fused-ring (bicyclic) bond motifs is 1. The highest BCUT2D eigenvalue weighted by Crippen LogP contribution is 2.09. The summed E-state index contributed by atoms with van der Waals surface area (Å²) in [5, 5.41) is 10.5. The number of aromatic nitrogens is 2. The van der Waals surface area contributed by atoms with Gasteiger partial charge in [-0.05, 0) is 25.2 Å². The van der Waals surface area contributed by atoms with Gasteiger partial charge in [-0.3, -0.25) is 4.79 Å². The van der Waals surface area contributed by atoms with Gasteiger partial charge in [0.25, 0.3) is 5.56 Å². The van der Waals surface area contributed by atoms with E-state index in [1.165, 1.54) is 0 Å². The summed E-state index contributed by atoms with van der Waals surface area (Å²) >= 11 is 0. The lowest BCUT2D eigenvalue weighted by molar-refractivity contribution is 0.938. The Balaban J connectivity index is 2.46. The van der Waals surface area contributed by atoms with Crippen LogP contribution in [-0.2, 0) is 0 Å². The molecule has 0 aliphatic heterocycles. The van der Waals surface area contributed by atoms with E-state index in [-0.39, 0.29) is 5.56 Å². The lowest BCUT2D eigenvalue weighted by Crippen LogP contribution is -2.07. The molecule has 4 heteroatoms. The van der Waals surface area contributed by atoms with Gasteiger partial charge in [-0.15, -0.1) is 0 Å². The molecule has 0 radical (unpaired) electrons. The predicted molar refractivity (Wildman–Crippen MR) is 63.2 cm³/mol. The third-order valence-corrected chi connectivity index (χ3v) is 2.16. The van der Waals surface area contributed by atoms with Gasteiger partial charge in [-0.1, -0.05) is 11.8 Å². The Morgan fingerprint density at radius 1 is 1.50 bits per heavy atom. The van der Waals surface area contributed by atoms with Crippen LogP contribution in [-0.4, -0.2) is 23.8 Å². The van der Waals surface area contributed by atoms with Crippen LogP contribution in [0.5, 0.6) is 0 Å². The fourth-order valence-electron chi connectivity index (χ4n) is 1.41. The van der Waals surface area contributed by atoms with Gasteiger partial charge in [-0.25, -0.2) is 5.10 Å². The van der Waals surface area contributed by atoms with Crippen LogP contribution in [0.3, 0.4) is 0 Å². The molecule has 1 aromatic heterocycles. The highest BCUT2D eigenvalue weighted by molar-refractivity contribution is 5.81. The third kappa shape index (κ3) is 2.10. The summed E-state index contributed by atoms with van der Waals surface area (Å²) in [6, 6.07) is 5.46. The van der Waals surface area contributed by atoms with Crippen LogP contribution in [0.4, 0.5) is 0 Å². The molecule has 0 aliphatic carbocycles. The molecule has 0 atom stereocenters. The quantitative estimate of drug-likeness (QED) is 0.678. The maximum Gasteiger partial charge on any atom is 0.272 e. The normalized spacial score (nSPS) is 9.81. The Hall–Kier alpha value is -2.12. The molecular weight excluding hydrogens is 202 g/mol. The number of rotatable bonds is 1. The maximum atomic E-state index is 11.4. The minimum atomic E-state index is -0.174. The molecule has 4 nitrogen and oxygen atoms in total. The van der Waals surface area contributed by atoms with Crippen molar-refractivity contribution in [2.24, 2.45) is 0 Å². The van der Waals surface area contributed by atoms with E-state index in [4.69, 9.17) is 0 Å². The van der Waals surface area contributed by atoms with E-state index in [0.717, 1.165) is 10.9 Å². The Morgan fingerprint density at radius 2 is 2.38 bits per heavy atom. The first kappa shape index (κ1) is 10.4. The molecule has 0 saturated heterocycles. The summed E-state index contributed by atoms with van der Waals surface area (Å²) in [4.78, 5) is 11.4. The lowest BCUT2D eigenvalue weighted by Gasteiger charge is -1.96. The monoisotopic (exact) mass is 213 g/mol. The number of H-pyrrole nitrogens is 1. The van der Waals surface area contributed by atoms with Crippen molar-refractivity contribution in [3.05, 3.63) is 40.3 Å². The van der Waals surface area contributed by atoms with Crippen LogP contribution >= 0.6 is 0 Å². The van der Waals surface area contributed by atoms with Crippen LogP contribution in [0.15, 0.2) is 29.2 Å². The fourth-order valence-corrected chi connectivity index (χ4v) is 1.41. The van der Waals surface area contributed by atoms with Crippen LogP contribution in [0.1, 0.15) is 5.56 Å². The van der Waals surface area contributed by atoms with Crippen molar-refractivity contribution in [2.45, 2.75) is 0 Å². The van der Waals surface area contributed by atoms with E-state index in [2.05, 4.69) is 27.4 Å². The van der Waals surface area contributed by atoms with Gasteiger partial charge in [0.05, 0.1) is 18.1 Å². The van der Waals surface area contributed by atoms with Crippen molar-refractivity contribution in [1.82, 2.24) is 15.5 Å². The van der Waals surface area contributed by atoms with Gasteiger partial charge < -0.3 is 5.32 Å². The molecule has 16 heavy (non-hydrogen) atoms. The first-order valence-electron chi connectivity index (χ1n) is 4.92. The molecule has 2 N–H and O–H groups in total. The molecule has 2 rings (SSSR count). The Bertz CT molecular complexity index is 619. The number of hydrogen-bond acceptors (Lipinski definition) is 3. The second kappa shape index (κ2) is 4.60. The van der Waals surface area contributed by atoms with Gasteiger partial charge >= 0.3 is 0 Å². The summed E-state index contributed by atoms with van der Waals surface area (Å²) in [5.74, 6) is 5.97. The van der Waals surface area contributed by atoms with Crippen molar-refractivity contribution < 1.29 is 0 Å². The molecule has 0 aliphatic rings. The summed E-state index contributed by atoms with van der Waals surface area (Å²) in [7, 11) is 1.85. The van der Waals surface area contributed by atoms with Crippen molar-refractivity contribution >= 4 is 10.8 Å². The Kier molecular flexibility index (Phi) is 2.99. The second-order valence-electron chi connectivity index (χ2n) is 3.33. The fraction of sp³-hybridized carbons (Fsp3) is 0.167. The molecule has 2 aromatic rings. The smallest absolute Gasteiger partial charge is 0.272 e. The molecular formula is C12H11N3O. The third-order valence-electron chi connectivity index (χ3n) is 2.16. The van der Waals surface area contributed by atoms with Gasteiger partial charge in [0.1, 0.15) is 0 Å². The molecule has 0 bridgehead atoms. The van der Waals surface area contributed by atoms with Gasteiger partial charge in [0.15, 0.2) is 0 Å². The topological polar surface area (TPSA) is 57.8 Å². The lowest BCUT2D eigenvalue weighted by atomic mass is 10.1. The Labute approximate surface area is 92.7 Å². The molecule has 0 amide bonds. The Morgan fingerprint density at radius 3 is 3.19 bits per heavy atom. The summed E-state index contributed by atoms with van der Waals surface area (Å²) in [6.07, 6.45) is 1.62. The zero-order valence-electron chi connectivity index (χ0n) is 8.87. The number of hydrogen-bond donors (Lipinski definition) is 2. The van der Waals surface area contributed by atoms with Crippen molar-refractivity contribution in [3.8, 4) is 11.8 Å². The second-order valence-corrected chi connectivity index (χ2v) is 3.33. The predicted octanol–water partition coefficient (Wildman–Crippen LogP) is 0.494. The van der Waals surface area contributed by atoms with Crippen LogP contribution in [0, 0.1) is 11.8 Å². The van der Waals surface area contributed by atoms with E-state index < -0.39 is 0 Å². The summed E-state index contributed by atoms with van der Waals surface area (Å²) in [6.45, 7) is 0.645. The highest BCUT2D eigenvalue weighted by atomic mass is 16.1.